The van der Waals surface area contributed by atoms with Crippen molar-refractivity contribution in [2.75, 3.05) is 24.3 Å². The number of sulfonamides is 1. The molecule has 3 aromatic carbocycles. The number of amides is 1. The molecule has 10 heteroatoms. The molecule has 0 fully saturated rings. The summed E-state index contributed by atoms with van der Waals surface area (Å²) in [6.45, 7) is 5.33. The van der Waals surface area contributed by atoms with E-state index in [0.29, 0.717) is 11.3 Å². The van der Waals surface area contributed by atoms with Gasteiger partial charge in [0.2, 0.25) is 0 Å². The number of methoxy groups -OCH3 is 2. The molecule has 0 saturated heterocycles. The summed E-state index contributed by atoms with van der Waals surface area (Å²) in [6.07, 6.45) is 0. The Morgan fingerprint density at radius 3 is 1.89 bits per heavy atom. The summed E-state index contributed by atoms with van der Waals surface area (Å²) in [4.78, 5) is 37.0. The van der Waals surface area contributed by atoms with Gasteiger partial charge >= 0.3 is 11.9 Å². The molecule has 0 radical (unpaired) electrons. The molecule has 0 atom stereocenters. The number of hydrogen-bond donors (Lipinski definition) is 2. The maximum absolute atomic E-state index is 13.2. The van der Waals surface area contributed by atoms with Gasteiger partial charge in [0, 0.05) is 11.3 Å². The molecule has 0 aliphatic carbocycles. The third kappa shape index (κ3) is 5.89. The molecule has 0 bridgehead atoms. The summed E-state index contributed by atoms with van der Waals surface area (Å²) in [5.41, 5.74) is 2.88. The van der Waals surface area contributed by atoms with E-state index < -0.39 is 27.9 Å². The predicted molar refractivity (Wildman–Crippen MR) is 135 cm³/mol. The standard InChI is InChI=1S/C26H26N2O7S/c1-15-6-9-22(17(3)10-15)28-36(32,33)23-14-18(8-7-16(23)2)24(29)27-21-12-19(25(30)34-4)11-20(13-21)26(31)35-5/h6-14,28H,1-5H3,(H,27,29). The number of carbonyl (C=O) groups excluding carboxylic acids is 3. The van der Waals surface area contributed by atoms with Gasteiger partial charge in [0.1, 0.15) is 0 Å². The number of esters is 2. The summed E-state index contributed by atoms with van der Waals surface area (Å²) in [5, 5.41) is 2.59. The second-order valence-electron chi connectivity index (χ2n) is 8.14. The summed E-state index contributed by atoms with van der Waals surface area (Å²) in [6, 6.07) is 13.6. The average Bonchev–Trinajstić information content (AvgIpc) is 2.84. The number of ether oxygens (including phenoxy) is 2. The lowest BCUT2D eigenvalue weighted by molar-refractivity contribution is 0.0598. The molecule has 0 spiro atoms. The van der Waals surface area contributed by atoms with Gasteiger partial charge in [0.05, 0.1) is 35.9 Å². The second-order valence-corrected chi connectivity index (χ2v) is 9.79. The van der Waals surface area contributed by atoms with E-state index >= 15 is 0 Å². The molecular weight excluding hydrogens is 484 g/mol. The highest BCUT2D eigenvalue weighted by Crippen LogP contribution is 2.24. The van der Waals surface area contributed by atoms with Crippen LogP contribution in [0.4, 0.5) is 11.4 Å². The van der Waals surface area contributed by atoms with E-state index in [2.05, 4.69) is 10.0 Å². The van der Waals surface area contributed by atoms with E-state index in [1.165, 1.54) is 50.6 Å². The third-order valence-corrected chi connectivity index (χ3v) is 6.91. The van der Waals surface area contributed by atoms with Crippen molar-refractivity contribution < 1.29 is 32.3 Å². The number of benzene rings is 3. The van der Waals surface area contributed by atoms with E-state index in [9.17, 15) is 22.8 Å². The van der Waals surface area contributed by atoms with Gasteiger partial charge in [-0.1, -0.05) is 23.8 Å². The van der Waals surface area contributed by atoms with E-state index in [1.807, 2.05) is 13.0 Å². The first-order valence-electron chi connectivity index (χ1n) is 10.8. The van der Waals surface area contributed by atoms with Crippen molar-refractivity contribution in [1.29, 1.82) is 0 Å². The zero-order chi connectivity index (χ0) is 26.6. The Labute approximate surface area is 209 Å². The zero-order valence-corrected chi connectivity index (χ0v) is 21.3. The van der Waals surface area contributed by atoms with Gasteiger partial charge < -0.3 is 14.8 Å². The number of aryl methyl sites for hydroxylation is 3. The Kier molecular flexibility index (Phi) is 7.79. The van der Waals surface area contributed by atoms with Gasteiger partial charge in [0.15, 0.2) is 0 Å². The van der Waals surface area contributed by atoms with Crippen LogP contribution in [-0.4, -0.2) is 40.5 Å². The van der Waals surface area contributed by atoms with E-state index in [4.69, 9.17) is 9.47 Å². The van der Waals surface area contributed by atoms with E-state index in [1.54, 1.807) is 26.0 Å². The number of carbonyl (C=O) groups is 3. The SMILES string of the molecule is COC(=O)c1cc(NC(=O)c2ccc(C)c(S(=O)(=O)Nc3ccc(C)cc3C)c2)cc(C(=O)OC)c1. The molecule has 188 valence electrons. The summed E-state index contributed by atoms with van der Waals surface area (Å²) in [5.74, 6) is -2.06. The molecule has 0 aromatic heterocycles. The first kappa shape index (κ1) is 26.4. The fourth-order valence-electron chi connectivity index (χ4n) is 3.53. The van der Waals surface area contributed by atoms with Crippen LogP contribution < -0.4 is 10.0 Å². The number of anilines is 2. The molecular formula is C26H26N2O7S. The highest BCUT2D eigenvalue weighted by molar-refractivity contribution is 7.92. The van der Waals surface area contributed by atoms with Crippen molar-refractivity contribution >= 4 is 39.2 Å². The molecule has 9 nitrogen and oxygen atoms in total. The van der Waals surface area contributed by atoms with Crippen LogP contribution in [0.1, 0.15) is 47.8 Å². The highest BCUT2D eigenvalue weighted by atomic mass is 32.2. The van der Waals surface area contributed by atoms with Gasteiger partial charge in [0.25, 0.3) is 15.9 Å². The predicted octanol–water partition coefficient (Wildman–Crippen LogP) is 4.24. The van der Waals surface area contributed by atoms with Crippen LogP contribution in [0.5, 0.6) is 0 Å². The van der Waals surface area contributed by atoms with E-state index in [-0.39, 0.29) is 27.3 Å². The van der Waals surface area contributed by atoms with Crippen molar-refractivity contribution in [1.82, 2.24) is 0 Å². The molecule has 0 heterocycles. The Morgan fingerprint density at radius 2 is 1.33 bits per heavy atom. The van der Waals surface area contributed by atoms with Crippen molar-refractivity contribution in [2.45, 2.75) is 25.7 Å². The lowest BCUT2D eigenvalue weighted by Crippen LogP contribution is -2.18. The maximum Gasteiger partial charge on any atom is 0.337 e. The number of hydrogen-bond acceptors (Lipinski definition) is 7. The summed E-state index contributed by atoms with van der Waals surface area (Å²) >= 11 is 0. The van der Waals surface area contributed by atoms with Gasteiger partial charge in [-0.05, 0) is 68.3 Å². The molecule has 3 rings (SSSR count). The van der Waals surface area contributed by atoms with Crippen LogP contribution in [0.3, 0.4) is 0 Å². The van der Waals surface area contributed by atoms with Crippen LogP contribution in [0.2, 0.25) is 0 Å². The highest BCUT2D eigenvalue weighted by Gasteiger charge is 2.21. The topological polar surface area (TPSA) is 128 Å². The molecule has 0 aliphatic rings. The minimum Gasteiger partial charge on any atom is -0.465 e. The third-order valence-electron chi connectivity index (χ3n) is 5.40. The van der Waals surface area contributed by atoms with Crippen LogP contribution in [0.15, 0.2) is 59.5 Å². The van der Waals surface area contributed by atoms with Gasteiger partial charge in [-0.3, -0.25) is 9.52 Å². The molecule has 2 N–H and O–H groups in total. The minimum atomic E-state index is -4.00. The van der Waals surface area contributed by atoms with Crippen molar-refractivity contribution in [3.05, 3.63) is 88.0 Å². The quantitative estimate of drug-likeness (QED) is 0.455. The lowest BCUT2D eigenvalue weighted by atomic mass is 10.1. The first-order chi connectivity index (χ1) is 16.9. The smallest absolute Gasteiger partial charge is 0.337 e. The van der Waals surface area contributed by atoms with E-state index in [0.717, 1.165) is 11.1 Å². The lowest BCUT2D eigenvalue weighted by Gasteiger charge is -2.14. The first-order valence-corrected chi connectivity index (χ1v) is 12.3. The minimum absolute atomic E-state index is 0.0283. The van der Waals surface area contributed by atoms with Crippen LogP contribution in [0.25, 0.3) is 0 Å². The summed E-state index contributed by atoms with van der Waals surface area (Å²) in [7, 11) is -1.63. The molecule has 0 aliphatic heterocycles. The Balaban J connectivity index is 1.94. The molecule has 1 amide bonds. The maximum atomic E-state index is 13.2. The largest absolute Gasteiger partial charge is 0.465 e. The second kappa shape index (κ2) is 10.6. The van der Waals surface area contributed by atoms with Crippen molar-refractivity contribution in [2.24, 2.45) is 0 Å². The Morgan fingerprint density at radius 1 is 0.722 bits per heavy atom. The number of nitrogens with one attached hydrogen (secondary N) is 2. The fraction of sp³-hybridized carbons (Fsp3) is 0.192. The average molecular weight is 511 g/mol. The number of rotatable bonds is 7. The zero-order valence-electron chi connectivity index (χ0n) is 20.5. The van der Waals surface area contributed by atoms with Crippen LogP contribution >= 0.6 is 0 Å². The Hall–Kier alpha value is -4.18. The van der Waals surface area contributed by atoms with Crippen molar-refractivity contribution in [3.8, 4) is 0 Å². The molecule has 3 aromatic rings. The molecule has 0 unspecified atom stereocenters. The molecule has 36 heavy (non-hydrogen) atoms. The van der Waals surface area contributed by atoms with Gasteiger partial charge in [-0.2, -0.15) is 0 Å². The van der Waals surface area contributed by atoms with Gasteiger partial charge in [-0.25, -0.2) is 18.0 Å². The monoisotopic (exact) mass is 510 g/mol. The fourth-order valence-corrected chi connectivity index (χ4v) is 4.94. The summed E-state index contributed by atoms with van der Waals surface area (Å²) < 4.78 is 38.3. The van der Waals surface area contributed by atoms with Crippen LogP contribution in [-0.2, 0) is 19.5 Å². The van der Waals surface area contributed by atoms with Crippen molar-refractivity contribution in [3.63, 3.8) is 0 Å². The Bertz CT molecular complexity index is 1430. The molecule has 0 saturated carbocycles. The normalized spacial score (nSPS) is 10.9. The van der Waals surface area contributed by atoms with Gasteiger partial charge in [-0.15, -0.1) is 0 Å². The van der Waals surface area contributed by atoms with Crippen LogP contribution in [0, 0.1) is 20.8 Å².